The summed E-state index contributed by atoms with van der Waals surface area (Å²) < 4.78 is 29.7. The minimum absolute atomic E-state index is 0.104. The number of carbonyl (C=O) groups is 1. The third-order valence-corrected chi connectivity index (χ3v) is 4.00. The van der Waals surface area contributed by atoms with E-state index >= 15 is 0 Å². The van der Waals surface area contributed by atoms with E-state index in [0.717, 1.165) is 4.31 Å². The Morgan fingerprint density at radius 2 is 2.22 bits per heavy atom. The average Bonchev–Trinajstić information content (AvgIpc) is 2.29. The molecule has 1 aromatic rings. The first kappa shape index (κ1) is 14.4. The van der Waals surface area contributed by atoms with Crippen LogP contribution in [0.3, 0.4) is 0 Å². The number of likely N-dealkylation sites (N-methyl/N-ethyl adjacent to an activating group) is 1. The Morgan fingerprint density at radius 3 is 2.78 bits per heavy atom. The van der Waals surface area contributed by atoms with Crippen molar-refractivity contribution >= 4 is 21.8 Å². The quantitative estimate of drug-likeness (QED) is 0.748. The van der Waals surface area contributed by atoms with Crippen molar-refractivity contribution in [3.8, 4) is 0 Å². The van der Waals surface area contributed by atoms with Gasteiger partial charge in [0, 0.05) is 13.2 Å². The fourth-order valence-corrected chi connectivity index (χ4v) is 2.44. The van der Waals surface area contributed by atoms with Crippen molar-refractivity contribution in [2.75, 3.05) is 25.9 Å². The predicted octanol–water partition coefficient (Wildman–Crippen LogP) is -0.153. The zero-order valence-corrected chi connectivity index (χ0v) is 11.0. The molecule has 0 fully saturated rings. The number of nitrogens with zero attached hydrogens (tertiary/aromatic N) is 2. The molecule has 0 radical (unpaired) electrons. The topological polar surface area (TPSA) is 103 Å². The second-order valence-electron chi connectivity index (χ2n) is 3.45. The van der Waals surface area contributed by atoms with Gasteiger partial charge in [0.1, 0.15) is 17.3 Å². The van der Waals surface area contributed by atoms with Crippen molar-refractivity contribution in [3.05, 3.63) is 18.3 Å². The number of anilines is 1. The van der Waals surface area contributed by atoms with Crippen molar-refractivity contribution < 1.29 is 17.9 Å². The molecule has 2 N–H and O–H groups in total. The zero-order chi connectivity index (χ0) is 13.8. The molecular weight excluding hydrogens is 258 g/mol. The third-order valence-electron chi connectivity index (χ3n) is 2.15. The van der Waals surface area contributed by atoms with Crippen LogP contribution in [0.5, 0.6) is 0 Å². The highest BCUT2D eigenvalue weighted by Gasteiger charge is 2.25. The van der Waals surface area contributed by atoms with E-state index in [1.54, 1.807) is 6.92 Å². The normalized spacial score (nSPS) is 11.5. The van der Waals surface area contributed by atoms with Crippen LogP contribution in [-0.2, 0) is 19.6 Å². The molecule has 0 spiro atoms. The summed E-state index contributed by atoms with van der Waals surface area (Å²) in [7, 11) is -2.56. The molecule has 0 aliphatic rings. The van der Waals surface area contributed by atoms with Gasteiger partial charge in [0.05, 0.1) is 6.61 Å². The summed E-state index contributed by atoms with van der Waals surface area (Å²) in [4.78, 5) is 14.8. The Labute approximate surface area is 106 Å². The molecule has 8 heteroatoms. The molecule has 0 aromatic carbocycles. The van der Waals surface area contributed by atoms with Gasteiger partial charge in [0.2, 0.25) is 10.0 Å². The number of sulfonamides is 1. The molecule has 1 heterocycles. The number of rotatable bonds is 5. The van der Waals surface area contributed by atoms with Gasteiger partial charge in [0.25, 0.3) is 0 Å². The fourth-order valence-electron chi connectivity index (χ4n) is 1.26. The lowest BCUT2D eigenvalue weighted by molar-refractivity contribution is -0.143. The zero-order valence-electron chi connectivity index (χ0n) is 10.2. The number of hydrogen-bond acceptors (Lipinski definition) is 6. The smallest absolute Gasteiger partial charge is 0.321 e. The number of aromatic nitrogens is 1. The molecule has 0 aliphatic carbocycles. The Kier molecular flexibility index (Phi) is 4.62. The Hall–Kier alpha value is -1.67. The van der Waals surface area contributed by atoms with Crippen LogP contribution in [0.15, 0.2) is 23.2 Å². The monoisotopic (exact) mass is 273 g/mol. The van der Waals surface area contributed by atoms with Gasteiger partial charge in [-0.3, -0.25) is 4.79 Å². The van der Waals surface area contributed by atoms with Gasteiger partial charge in [-0.05, 0) is 19.1 Å². The molecule has 0 amide bonds. The summed E-state index contributed by atoms with van der Waals surface area (Å²) in [6.45, 7) is 1.47. The summed E-state index contributed by atoms with van der Waals surface area (Å²) >= 11 is 0. The van der Waals surface area contributed by atoms with E-state index < -0.39 is 16.0 Å². The highest BCUT2D eigenvalue weighted by Crippen LogP contribution is 2.18. The third kappa shape index (κ3) is 3.17. The predicted molar refractivity (Wildman–Crippen MR) is 65.1 cm³/mol. The van der Waals surface area contributed by atoms with Gasteiger partial charge in [-0.2, -0.15) is 4.31 Å². The molecule has 0 saturated carbocycles. The molecule has 18 heavy (non-hydrogen) atoms. The van der Waals surface area contributed by atoms with Crippen LogP contribution in [0.4, 0.5) is 5.82 Å². The first-order valence-electron chi connectivity index (χ1n) is 5.22. The van der Waals surface area contributed by atoms with E-state index in [0.29, 0.717) is 0 Å². The lowest BCUT2D eigenvalue weighted by Crippen LogP contribution is -2.33. The molecule has 0 bridgehead atoms. The van der Waals surface area contributed by atoms with Crippen LogP contribution >= 0.6 is 0 Å². The van der Waals surface area contributed by atoms with Crippen LogP contribution in [0, 0.1) is 0 Å². The summed E-state index contributed by atoms with van der Waals surface area (Å²) in [6, 6.07) is 2.79. The Balaban J connectivity index is 2.94. The lowest BCUT2D eigenvalue weighted by atomic mass is 10.5. The Morgan fingerprint density at radius 1 is 1.56 bits per heavy atom. The van der Waals surface area contributed by atoms with Gasteiger partial charge in [0.15, 0.2) is 0 Å². The molecule has 0 atom stereocenters. The van der Waals surface area contributed by atoms with Gasteiger partial charge in [-0.1, -0.05) is 0 Å². The summed E-state index contributed by atoms with van der Waals surface area (Å²) in [5, 5.41) is 0. The minimum atomic E-state index is -3.84. The molecule has 1 aromatic heterocycles. The lowest BCUT2D eigenvalue weighted by Gasteiger charge is -2.16. The number of esters is 1. The molecule has 0 unspecified atom stereocenters. The highest BCUT2D eigenvalue weighted by atomic mass is 32.2. The van der Waals surface area contributed by atoms with Crippen molar-refractivity contribution in [2.24, 2.45) is 0 Å². The number of nitrogens with two attached hydrogens (primary N) is 1. The van der Waals surface area contributed by atoms with Crippen LogP contribution < -0.4 is 5.73 Å². The fraction of sp³-hybridized carbons (Fsp3) is 0.400. The summed E-state index contributed by atoms with van der Waals surface area (Å²) in [6.07, 6.45) is 1.39. The van der Waals surface area contributed by atoms with E-state index in [1.807, 2.05) is 0 Å². The molecule has 100 valence electrons. The standard InChI is InChI=1S/C10H15N3O4S/c1-3-17-9(14)7-13(2)18(15,16)8-5-4-6-12-10(8)11/h4-6H,3,7H2,1-2H3,(H2,11,12). The number of carbonyl (C=O) groups excluding carboxylic acids is 1. The largest absolute Gasteiger partial charge is 0.465 e. The number of hydrogen-bond donors (Lipinski definition) is 1. The maximum atomic E-state index is 12.1. The van der Waals surface area contributed by atoms with Crippen LogP contribution in [0.2, 0.25) is 0 Å². The molecule has 0 saturated heterocycles. The average molecular weight is 273 g/mol. The highest BCUT2D eigenvalue weighted by molar-refractivity contribution is 7.89. The van der Waals surface area contributed by atoms with Gasteiger partial charge < -0.3 is 10.5 Å². The van der Waals surface area contributed by atoms with E-state index in [1.165, 1.54) is 25.4 Å². The Bertz CT molecular complexity index is 530. The van der Waals surface area contributed by atoms with E-state index in [4.69, 9.17) is 5.73 Å². The van der Waals surface area contributed by atoms with Crippen molar-refractivity contribution in [1.29, 1.82) is 0 Å². The first-order valence-corrected chi connectivity index (χ1v) is 6.66. The van der Waals surface area contributed by atoms with E-state index in [9.17, 15) is 13.2 Å². The SMILES string of the molecule is CCOC(=O)CN(C)S(=O)(=O)c1cccnc1N. The van der Waals surface area contributed by atoms with Crippen molar-refractivity contribution in [1.82, 2.24) is 9.29 Å². The molecule has 7 nitrogen and oxygen atoms in total. The summed E-state index contributed by atoms with van der Waals surface area (Å²) in [5.74, 6) is -0.723. The van der Waals surface area contributed by atoms with Gasteiger partial charge in [-0.15, -0.1) is 0 Å². The van der Waals surface area contributed by atoms with Gasteiger partial charge >= 0.3 is 5.97 Å². The maximum absolute atomic E-state index is 12.1. The number of pyridine rings is 1. The van der Waals surface area contributed by atoms with Crippen molar-refractivity contribution in [3.63, 3.8) is 0 Å². The second-order valence-corrected chi connectivity index (χ2v) is 5.47. The molecule has 0 aliphatic heterocycles. The maximum Gasteiger partial charge on any atom is 0.321 e. The molecular formula is C10H15N3O4S. The van der Waals surface area contributed by atoms with Crippen LogP contribution in [-0.4, -0.2) is 43.9 Å². The van der Waals surface area contributed by atoms with Crippen molar-refractivity contribution in [2.45, 2.75) is 11.8 Å². The van der Waals surface area contributed by atoms with E-state index in [-0.39, 0.29) is 23.9 Å². The van der Waals surface area contributed by atoms with Crippen LogP contribution in [0.1, 0.15) is 6.92 Å². The second kappa shape index (κ2) is 5.78. The number of ether oxygens (including phenoxy) is 1. The first-order chi connectivity index (χ1) is 8.39. The molecule has 1 rings (SSSR count). The van der Waals surface area contributed by atoms with Gasteiger partial charge in [-0.25, -0.2) is 13.4 Å². The number of nitrogen functional groups attached to an aromatic ring is 1. The van der Waals surface area contributed by atoms with Crippen LogP contribution in [0.25, 0.3) is 0 Å². The minimum Gasteiger partial charge on any atom is -0.465 e. The van der Waals surface area contributed by atoms with E-state index in [2.05, 4.69) is 9.72 Å². The summed E-state index contributed by atoms with van der Waals surface area (Å²) in [5.41, 5.74) is 5.50.